The molecule has 3 atom stereocenters. The standard InChI is InChI=1S/C35H52N4O3.C2HF3O2/c1-24(2)28(23-25(3)31(40)37-22-21-26-17-13-11-14-18-26)39(10)33(42)30(34(4,5)6)38-32(41)29(36-9)35(7,8)27-19-15-12-16-20-27;3-2(4,5)1(6)7/h11-20,23-24,28-30,36H,21-22H2,1-10H3,(H,37,40)(H,38,41);(H,6,7)/b25-23+;/t28-,29-,30-;/m1./s1. The third-order valence-electron chi connectivity index (χ3n) is 8.23. The summed E-state index contributed by atoms with van der Waals surface area (Å²) in [4.78, 5) is 51.2. The molecular formula is C37H53F3N4O5. The van der Waals surface area contributed by atoms with Crippen LogP contribution in [0, 0.1) is 11.3 Å². The number of alkyl halides is 3. The number of carbonyl (C=O) groups is 4. The number of halogens is 3. The SMILES string of the molecule is CN[C@H](C(=O)N[C@H](C(=O)N(C)[C@H](/C=C(\C)C(=O)NCCc1ccccc1)C(C)C)C(C)(C)C)C(C)(C)c1ccccc1.O=C(O)C(F)(F)F. The maximum atomic E-state index is 14.0. The van der Waals surface area contributed by atoms with E-state index < -0.39 is 35.1 Å². The zero-order valence-electron chi connectivity index (χ0n) is 30.2. The van der Waals surface area contributed by atoms with Crippen molar-refractivity contribution in [3.05, 3.63) is 83.4 Å². The van der Waals surface area contributed by atoms with E-state index >= 15 is 0 Å². The fourth-order valence-electron chi connectivity index (χ4n) is 5.27. The monoisotopic (exact) mass is 690 g/mol. The van der Waals surface area contributed by atoms with E-state index in [0.29, 0.717) is 12.1 Å². The maximum Gasteiger partial charge on any atom is 0.490 e. The Morgan fingerprint density at radius 1 is 0.878 bits per heavy atom. The molecule has 0 radical (unpaired) electrons. The highest BCUT2D eigenvalue weighted by molar-refractivity contribution is 5.93. The molecule has 0 saturated carbocycles. The summed E-state index contributed by atoms with van der Waals surface area (Å²) in [5, 5.41) is 16.4. The van der Waals surface area contributed by atoms with Gasteiger partial charge in [0.15, 0.2) is 0 Å². The summed E-state index contributed by atoms with van der Waals surface area (Å²) in [5.41, 5.74) is 1.67. The fourth-order valence-corrected chi connectivity index (χ4v) is 5.27. The minimum atomic E-state index is -5.08. The van der Waals surface area contributed by atoms with Crippen molar-refractivity contribution in [1.82, 2.24) is 20.9 Å². The minimum absolute atomic E-state index is 0.0457. The molecule has 49 heavy (non-hydrogen) atoms. The zero-order chi connectivity index (χ0) is 37.7. The first-order valence-corrected chi connectivity index (χ1v) is 16.2. The number of rotatable bonds is 13. The molecule has 0 saturated heterocycles. The molecule has 4 N–H and O–H groups in total. The summed E-state index contributed by atoms with van der Waals surface area (Å²) in [7, 11) is 3.51. The highest BCUT2D eigenvalue weighted by Crippen LogP contribution is 2.29. The first-order chi connectivity index (χ1) is 22.5. The first-order valence-electron chi connectivity index (χ1n) is 16.2. The minimum Gasteiger partial charge on any atom is -0.475 e. The van der Waals surface area contributed by atoms with Crippen LogP contribution in [0.5, 0.6) is 0 Å². The van der Waals surface area contributed by atoms with E-state index in [-0.39, 0.29) is 29.7 Å². The number of aliphatic carboxylic acids is 1. The van der Waals surface area contributed by atoms with Gasteiger partial charge in [-0.2, -0.15) is 13.2 Å². The molecule has 12 heteroatoms. The molecule has 272 valence electrons. The van der Waals surface area contributed by atoms with E-state index in [2.05, 4.69) is 16.0 Å². The number of carbonyl (C=O) groups excluding carboxylic acids is 3. The van der Waals surface area contributed by atoms with Crippen LogP contribution in [0.4, 0.5) is 13.2 Å². The van der Waals surface area contributed by atoms with Gasteiger partial charge in [-0.05, 0) is 42.9 Å². The Labute approximate surface area is 288 Å². The number of amides is 3. The van der Waals surface area contributed by atoms with Crippen molar-refractivity contribution in [3.63, 3.8) is 0 Å². The summed E-state index contributed by atoms with van der Waals surface area (Å²) in [5.74, 6) is -3.30. The Hall–Kier alpha value is -4.19. The molecule has 0 aliphatic rings. The number of hydrogen-bond acceptors (Lipinski definition) is 5. The average molecular weight is 691 g/mol. The van der Waals surface area contributed by atoms with Crippen molar-refractivity contribution in [3.8, 4) is 0 Å². The number of hydrogen-bond donors (Lipinski definition) is 4. The Morgan fingerprint density at radius 3 is 1.80 bits per heavy atom. The quantitative estimate of drug-likeness (QED) is 0.206. The molecule has 2 aromatic carbocycles. The van der Waals surface area contributed by atoms with Crippen molar-refractivity contribution in [2.75, 3.05) is 20.6 Å². The molecule has 0 aromatic heterocycles. The summed E-state index contributed by atoms with van der Waals surface area (Å²) >= 11 is 0. The molecule has 0 aliphatic heterocycles. The van der Waals surface area contributed by atoms with E-state index in [4.69, 9.17) is 9.90 Å². The molecule has 0 bridgehead atoms. The molecule has 0 fully saturated rings. The Balaban J connectivity index is 0.00000154. The van der Waals surface area contributed by atoms with Crippen LogP contribution in [0.25, 0.3) is 0 Å². The van der Waals surface area contributed by atoms with Crippen LogP contribution in [0.3, 0.4) is 0 Å². The van der Waals surface area contributed by atoms with Gasteiger partial charge < -0.3 is 26.0 Å². The molecule has 2 rings (SSSR count). The summed E-state index contributed by atoms with van der Waals surface area (Å²) in [6, 6.07) is 18.2. The van der Waals surface area contributed by atoms with Crippen LogP contribution in [-0.4, -0.2) is 78.6 Å². The second-order valence-corrected chi connectivity index (χ2v) is 13.9. The summed E-state index contributed by atoms with van der Waals surface area (Å²) in [6.45, 7) is 16.2. The Bertz CT molecular complexity index is 1400. The zero-order valence-corrected chi connectivity index (χ0v) is 30.2. The number of nitrogens with zero attached hydrogens (tertiary/aromatic N) is 1. The topological polar surface area (TPSA) is 128 Å². The van der Waals surface area contributed by atoms with E-state index in [1.165, 1.54) is 0 Å². The van der Waals surface area contributed by atoms with Crippen molar-refractivity contribution >= 4 is 23.7 Å². The van der Waals surface area contributed by atoms with Gasteiger partial charge in [0.2, 0.25) is 17.7 Å². The maximum absolute atomic E-state index is 14.0. The molecule has 0 heterocycles. The third-order valence-corrected chi connectivity index (χ3v) is 8.23. The van der Waals surface area contributed by atoms with Gasteiger partial charge in [-0.1, -0.05) is 115 Å². The second kappa shape index (κ2) is 18.5. The molecular weight excluding hydrogens is 637 g/mol. The van der Waals surface area contributed by atoms with Gasteiger partial charge in [0, 0.05) is 24.6 Å². The highest BCUT2D eigenvalue weighted by Gasteiger charge is 2.42. The van der Waals surface area contributed by atoms with Crippen LogP contribution in [0.1, 0.15) is 66.5 Å². The smallest absolute Gasteiger partial charge is 0.475 e. The van der Waals surface area contributed by atoms with Gasteiger partial charge in [-0.25, -0.2) is 4.79 Å². The normalized spacial score (nSPS) is 14.1. The second-order valence-electron chi connectivity index (χ2n) is 13.9. The average Bonchev–Trinajstić information content (AvgIpc) is 3.02. The molecule has 2 aromatic rings. The fraction of sp³-hybridized carbons (Fsp3) is 0.514. The van der Waals surface area contributed by atoms with E-state index in [0.717, 1.165) is 17.5 Å². The number of benzene rings is 2. The van der Waals surface area contributed by atoms with Crippen molar-refractivity contribution in [2.45, 2.75) is 91.5 Å². The van der Waals surface area contributed by atoms with Crippen molar-refractivity contribution < 1.29 is 37.5 Å². The lowest BCUT2D eigenvalue weighted by Gasteiger charge is -2.40. The lowest BCUT2D eigenvalue weighted by Crippen LogP contribution is -2.61. The van der Waals surface area contributed by atoms with E-state index in [1.54, 1.807) is 25.9 Å². The van der Waals surface area contributed by atoms with Crippen LogP contribution >= 0.6 is 0 Å². The number of nitrogens with one attached hydrogen (secondary N) is 3. The van der Waals surface area contributed by atoms with Gasteiger partial charge in [0.1, 0.15) is 6.04 Å². The molecule has 0 spiro atoms. The lowest BCUT2D eigenvalue weighted by molar-refractivity contribution is -0.192. The molecule has 0 unspecified atom stereocenters. The highest BCUT2D eigenvalue weighted by atomic mass is 19.4. The van der Waals surface area contributed by atoms with E-state index in [9.17, 15) is 27.6 Å². The summed E-state index contributed by atoms with van der Waals surface area (Å²) in [6.07, 6.45) is -2.48. The molecule has 0 aliphatic carbocycles. The van der Waals surface area contributed by atoms with Gasteiger partial charge >= 0.3 is 12.1 Å². The molecule has 3 amide bonds. The van der Waals surface area contributed by atoms with Gasteiger partial charge in [0.25, 0.3) is 0 Å². The van der Waals surface area contributed by atoms with Gasteiger partial charge in [-0.15, -0.1) is 0 Å². The molecule has 9 nitrogen and oxygen atoms in total. The number of carboxylic acid groups (broad SMARTS) is 1. The van der Waals surface area contributed by atoms with Crippen LogP contribution in [0.2, 0.25) is 0 Å². The van der Waals surface area contributed by atoms with Gasteiger partial charge in [-0.3, -0.25) is 14.4 Å². The lowest BCUT2D eigenvalue weighted by atomic mass is 9.76. The van der Waals surface area contributed by atoms with Crippen molar-refractivity contribution in [1.29, 1.82) is 0 Å². The number of likely N-dealkylation sites (N-methyl/N-ethyl adjacent to an activating group) is 2. The third kappa shape index (κ3) is 13.3. The first kappa shape index (κ1) is 42.8. The Kier molecular flexibility index (Phi) is 16.2. The number of carboxylic acids is 1. The van der Waals surface area contributed by atoms with Crippen LogP contribution in [-0.2, 0) is 31.0 Å². The van der Waals surface area contributed by atoms with Crippen LogP contribution in [0.15, 0.2) is 72.3 Å². The Morgan fingerprint density at radius 2 is 1.37 bits per heavy atom. The summed E-state index contributed by atoms with van der Waals surface area (Å²) < 4.78 is 31.7. The predicted octanol–water partition coefficient (Wildman–Crippen LogP) is 5.50. The van der Waals surface area contributed by atoms with Crippen LogP contribution < -0.4 is 16.0 Å². The largest absolute Gasteiger partial charge is 0.490 e. The van der Waals surface area contributed by atoms with E-state index in [1.807, 2.05) is 115 Å². The van der Waals surface area contributed by atoms with Crippen molar-refractivity contribution in [2.24, 2.45) is 11.3 Å². The predicted molar refractivity (Wildman–Crippen MR) is 186 cm³/mol. The van der Waals surface area contributed by atoms with Gasteiger partial charge in [0.05, 0.1) is 12.1 Å².